The number of likely N-dealkylation sites (N-methyl/N-ethyl adjacent to an activating group) is 1. The summed E-state index contributed by atoms with van der Waals surface area (Å²) in [5.41, 5.74) is 1.39. The number of hydrogen-bond donors (Lipinski definition) is 1. The van der Waals surface area contributed by atoms with Crippen LogP contribution in [-0.2, 0) is 11.3 Å². The van der Waals surface area contributed by atoms with Gasteiger partial charge in [-0.2, -0.15) is 0 Å². The summed E-state index contributed by atoms with van der Waals surface area (Å²) in [5.74, 6) is -0.549. The number of hydrogen-bond acceptors (Lipinski definition) is 2. The highest BCUT2D eigenvalue weighted by molar-refractivity contribution is 6.42. The maximum Gasteiger partial charge on any atom is 0.251 e. The molecule has 2 amide bonds. The normalized spacial score (nSPS) is 10.2. The Hall–Kier alpha value is -2.04. The van der Waals surface area contributed by atoms with Gasteiger partial charge in [0.1, 0.15) is 0 Å². The number of carbonyl (C=O) groups excluding carboxylic acids is 2. The quantitative estimate of drug-likeness (QED) is 0.898. The Labute approximate surface area is 145 Å². The second-order valence-electron chi connectivity index (χ2n) is 5.05. The Kier molecular flexibility index (Phi) is 6.02. The zero-order chi connectivity index (χ0) is 16.8. The standard InChI is InChI=1S/C17H16Cl2N2O2/c1-21(11-12-5-3-2-4-6-12)16(22)10-20-17(23)13-7-8-14(18)15(19)9-13/h2-9H,10-11H2,1H3,(H,20,23). The number of carbonyl (C=O) groups is 2. The third-order valence-electron chi connectivity index (χ3n) is 3.27. The van der Waals surface area contributed by atoms with E-state index in [2.05, 4.69) is 5.32 Å². The molecule has 0 radical (unpaired) electrons. The Morgan fingerprint density at radius 3 is 2.39 bits per heavy atom. The van der Waals surface area contributed by atoms with Gasteiger partial charge in [0.25, 0.3) is 5.91 Å². The molecule has 4 nitrogen and oxygen atoms in total. The number of halogens is 2. The predicted octanol–water partition coefficient (Wildman–Crippen LogP) is 3.38. The Morgan fingerprint density at radius 1 is 1.04 bits per heavy atom. The van der Waals surface area contributed by atoms with Crippen LogP contribution in [0.4, 0.5) is 0 Å². The number of rotatable bonds is 5. The minimum absolute atomic E-state index is 0.0809. The van der Waals surface area contributed by atoms with E-state index in [9.17, 15) is 9.59 Å². The van der Waals surface area contributed by atoms with Crippen molar-refractivity contribution in [1.29, 1.82) is 0 Å². The molecule has 0 spiro atoms. The molecule has 2 aromatic carbocycles. The van der Waals surface area contributed by atoms with Crippen LogP contribution in [0.1, 0.15) is 15.9 Å². The number of nitrogens with one attached hydrogen (secondary N) is 1. The average molecular weight is 351 g/mol. The van der Waals surface area contributed by atoms with Crippen molar-refractivity contribution in [3.8, 4) is 0 Å². The van der Waals surface area contributed by atoms with Gasteiger partial charge in [0, 0.05) is 19.2 Å². The van der Waals surface area contributed by atoms with E-state index < -0.39 is 0 Å². The van der Waals surface area contributed by atoms with Gasteiger partial charge in [0.2, 0.25) is 5.91 Å². The van der Waals surface area contributed by atoms with E-state index in [4.69, 9.17) is 23.2 Å². The van der Waals surface area contributed by atoms with E-state index in [1.807, 2.05) is 30.3 Å². The van der Waals surface area contributed by atoms with Gasteiger partial charge in [-0.1, -0.05) is 53.5 Å². The zero-order valence-corrected chi connectivity index (χ0v) is 14.1. The predicted molar refractivity (Wildman–Crippen MR) is 91.7 cm³/mol. The first-order valence-electron chi connectivity index (χ1n) is 6.98. The lowest BCUT2D eigenvalue weighted by molar-refractivity contribution is -0.129. The third kappa shape index (κ3) is 4.98. The summed E-state index contributed by atoms with van der Waals surface area (Å²) in [6.45, 7) is 0.407. The molecule has 0 fully saturated rings. The van der Waals surface area contributed by atoms with E-state index >= 15 is 0 Å². The van der Waals surface area contributed by atoms with Crippen LogP contribution in [0.3, 0.4) is 0 Å². The molecule has 0 aliphatic carbocycles. The second kappa shape index (κ2) is 7.99. The molecule has 120 valence electrons. The molecule has 0 saturated heterocycles. The maximum absolute atomic E-state index is 12.1. The highest BCUT2D eigenvalue weighted by Gasteiger charge is 2.13. The molecule has 23 heavy (non-hydrogen) atoms. The number of amides is 2. The van der Waals surface area contributed by atoms with Crippen LogP contribution < -0.4 is 5.32 Å². The molecule has 0 unspecified atom stereocenters. The molecule has 0 atom stereocenters. The molecule has 0 bridgehead atoms. The van der Waals surface area contributed by atoms with Crippen LogP contribution in [0.2, 0.25) is 10.0 Å². The van der Waals surface area contributed by atoms with Crippen molar-refractivity contribution in [3.05, 3.63) is 69.7 Å². The third-order valence-corrected chi connectivity index (χ3v) is 4.01. The summed E-state index contributed by atoms with van der Waals surface area (Å²) >= 11 is 11.7. The van der Waals surface area contributed by atoms with Crippen molar-refractivity contribution in [3.63, 3.8) is 0 Å². The number of benzene rings is 2. The highest BCUT2D eigenvalue weighted by atomic mass is 35.5. The molecule has 6 heteroatoms. The topological polar surface area (TPSA) is 49.4 Å². The molecule has 2 rings (SSSR count). The number of nitrogens with zero attached hydrogens (tertiary/aromatic N) is 1. The molecule has 0 aliphatic heterocycles. The van der Waals surface area contributed by atoms with Crippen LogP contribution >= 0.6 is 23.2 Å². The lowest BCUT2D eigenvalue weighted by atomic mass is 10.2. The van der Waals surface area contributed by atoms with Crippen molar-refractivity contribution in [1.82, 2.24) is 10.2 Å². The fourth-order valence-corrected chi connectivity index (χ4v) is 2.27. The van der Waals surface area contributed by atoms with Crippen LogP contribution in [0.25, 0.3) is 0 Å². The summed E-state index contributed by atoms with van der Waals surface area (Å²) in [6, 6.07) is 14.2. The van der Waals surface area contributed by atoms with E-state index in [0.717, 1.165) is 5.56 Å². The van der Waals surface area contributed by atoms with Crippen LogP contribution in [0.15, 0.2) is 48.5 Å². The van der Waals surface area contributed by atoms with Crippen LogP contribution in [0.5, 0.6) is 0 Å². The lowest BCUT2D eigenvalue weighted by Gasteiger charge is -2.17. The minimum atomic E-state index is -0.370. The second-order valence-corrected chi connectivity index (χ2v) is 5.86. The summed E-state index contributed by atoms with van der Waals surface area (Å²) in [5, 5.41) is 3.25. The van der Waals surface area contributed by atoms with Gasteiger partial charge in [-0.3, -0.25) is 9.59 Å². The summed E-state index contributed by atoms with van der Waals surface area (Å²) in [7, 11) is 1.70. The molecular formula is C17H16Cl2N2O2. The molecular weight excluding hydrogens is 335 g/mol. The van der Waals surface area contributed by atoms with Crippen molar-refractivity contribution in [2.24, 2.45) is 0 Å². The first kappa shape index (κ1) is 17.3. The fourth-order valence-electron chi connectivity index (χ4n) is 1.98. The first-order chi connectivity index (χ1) is 11.0. The molecule has 1 N–H and O–H groups in total. The maximum atomic E-state index is 12.1. The van der Waals surface area contributed by atoms with Gasteiger partial charge in [-0.05, 0) is 23.8 Å². The molecule has 0 aromatic heterocycles. The molecule has 0 heterocycles. The van der Waals surface area contributed by atoms with Crippen molar-refractivity contribution in [2.45, 2.75) is 6.54 Å². The lowest BCUT2D eigenvalue weighted by Crippen LogP contribution is -2.37. The SMILES string of the molecule is CN(Cc1ccccc1)C(=O)CNC(=O)c1ccc(Cl)c(Cl)c1. The fraction of sp³-hybridized carbons (Fsp3) is 0.176. The van der Waals surface area contributed by atoms with Gasteiger partial charge in [0.05, 0.1) is 16.6 Å². The smallest absolute Gasteiger partial charge is 0.251 e. The summed E-state index contributed by atoms with van der Waals surface area (Å²) in [6.07, 6.45) is 0. The van der Waals surface area contributed by atoms with E-state index in [-0.39, 0.29) is 18.4 Å². The monoisotopic (exact) mass is 350 g/mol. The van der Waals surface area contributed by atoms with E-state index in [0.29, 0.717) is 22.2 Å². The first-order valence-corrected chi connectivity index (χ1v) is 7.74. The van der Waals surface area contributed by atoms with E-state index in [1.54, 1.807) is 24.1 Å². The van der Waals surface area contributed by atoms with Gasteiger partial charge in [-0.15, -0.1) is 0 Å². The molecule has 0 aliphatic rings. The van der Waals surface area contributed by atoms with Crippen LogP contribution in [-0.4, -0.2) is 30.3 Å². The summed E-state index contributed by atoms with van der Waals surface area (Å²) in [4.78, 5) is 25.6. The van der Waals surface area contributed by atoms with Crippen molar-refractivity contribution < 1.29 is 9.59 Å². The molecule has 2 aromatic rings. The Bertz CT molecular complexity index is 705. The highest BCUT2D eigenvalue weighted by Crippen LogP contribution is 2.22. The van der Waals surface area contributed by atoms with Gasteiger partial charge < -0.3 is 10.2 Å². The Balaban J connectivity index is 1.88. The Morgan fingerprint density at radius 2 is 1.74 bits per heavy atom. The van der Waals surface area contributed by atoms with Gasteiger partial charge in [-0.25, -0.2) is 0 Å². The van der Waals surface area contributed by atoms with Crippen LogP contribution in [0, 0.1) is 0 Å². The average Bonchev–Trinajstić information content (AvgIpc) is 2.55. The van der Waals surface area contributed by atoms with Crippen molar-refractivity contribution >= 4 is 35.0 Å². The van der Waals surface area contributed by atoms with Gasteiger partial charge in [0.15, 0.2) is 0 Å². The van der Waals surface area contributed by atoms with Crippen molar-refractivity contribution in [2.75, 3.05) is 13.6 Å². The zero-order valence-electron chi connectivity index (χ0n) is 12.6. The van der Waals surface area contributed by atoms with Gasteiger partial charge >= 0.3 is 0 Å². The molecule has 0 saturated carbocycles. The largest absolute Gasteiger partial charge is 0.343 e. The minimum Gasteiger partial charge on any atom is -0.343 e. The summed E-state index contributed by atoms with van der Waals surface area (Å²) < 4.78 is 0. The van der Waals surface area contributed by atoms with E-state index in [1.165, 1.54) is 6.07 Å².